The lowest BCUT2D eigenvalue weighted by molar-refractivity contribution is 0.0598. The first-order chi connectivity index (χ1) is 8.29. The van der Waals surface area contributed by atoms with Crippen molar-refractivity contribution in [2.75, 3.05) is 7.11 Å². The Morgan fingerprint density at radius 3 is 2.82 bits per heavy atom. The van der Waals surface area contributed by atoms with E-state index in [0.717, 1.165) is 19.3 Å². The fraction of sp³-hybridized carbons (Fsp3) is 0.357. The molecule has 3 nitrogen and oxygen atoms in total. The highest BCUT2D eigenvalue weighted by molar-refractivity contribution is 5.92. The smallest absolute Gasteiger partial charge is 0.341 e. The quantitative estimate of drug-likeness (QED) is 0.429. The number of unbranched alkanes of at least 4 members (excludes halogenated alkanes) is 2. The Morgan fingerprint density at radius 1 is 1.35 bits per heavy atom. The van der Waals surface area contributed by atoms with Crippen LogP contribution in [0.4, 0.5) is 0 Å². The first kappa shape index (κ1) is 13.3. The largest absolute Gasteiger partial charge is 0.465 e. The summed E-state index contributed by atoms with van der Waals surface area (Å²) in [5.74, 6) is 0.134. The molecular weight excluding hydrogens is 216 g/mol. The molecule has 1 aromatic carbocycles. The van der Waals surface area contributed by atoms with Gasteiger partial charge in [-0.2, -0.15) is 0 Å². The highest BCUT2D eigenvalue weighted by Gasteiger charge is 2.10. The SMILES string of the molecule is CCCCC=COc1ccccc1C(=O)OC. The van der Waals surface area contributed by atoms with Gasteiger partial charge in [-0.3, -0.25) is 0 Å². The van der Waals surface area contributed by atoms with Crippen LogP contribution in [0.5, 0.6) is 5.75 Å². The van der Waals surface area contributed by atoms with E-state index in [2.05, 4.69) is 11.7 Å². The van der Waals surface area contributed by atoms with Gasteiger partial charge in [-0.15, -0.1) is 0 Å². The number of hydrogen-bond acceptors (Lipinski definition) is 3. The molecule has 1 rings (SSSR count). The lowest BCUT2D eigenvalue weighted by atomic mass is 10.2. The van der Waals surface area contributed by atoms with E-state index >= 15 is 0 Å². The summed E-state index contributed by atoms with van der Waals surface area (Å²) in [5.41, 5.74) is 0.440. The molecular formula is C14H18O3. The Balaban J connectivity index is 2.64. The summed E-state index contributed by atoms with van der Waals surface area (Å²) in [6, 6.07) is 7.03. The van der Waals surface area contributed by atoms with Crippen LogP contribution in [0, 0.1) is 0 Å². The van der Waals surface area contributed by atoms with Crippen LogP contribution in [-0.2, 0) is 4.74 Å². The summed E-state index contributed by atoms with van der Waals surface area (Å²) >= 11 is 0. The number of ether oxygens (including phenoxy) is 2. The number of esters is 1. The van der Waals surface area contributed by atoms with Crippen molar-refractivity contribution in [3.05, 3.63) is 42.2 Å². The van der Waals surface area contributed by atoms with Gasteiger partial charge in [0.2, 0.25) is 0 Å². The second-order valence-corrected chi connectivity index (χ2v) is 3.62. The van der Waals surface area contributed by atoms with E-state index in [1.807, 2.05) is 12.1 Å². The Labute approximate surface area is 102 Å². The van der Waals surface area contributed by atoms with Gasteiger partial charge in [0.05, 0.1) is 13.4 Å². The molecule has 0 saturated carbocycles. The van der Waals surface area contributed by atoms with E-state index in [9.17, 15) is 4.79 Å². The molecule has 0 atom stereocenters. The number of rotatable bonds is 6. The molecule has 0 radical (unpaired) electrons. The van der Waals surface area contributed by atoms with Crippen LogP contribution in [0.1, 0.15) is 36.5 Å². The number of carbonyl (C=O) groups excluding carboxylic acids is 1. The van der Waals surface area contributed by atoms with Crippen LogP contribution in [0.3, 0.4) is 0 Å². The predicted octanol–water partition coefficient (Wildman–Crippen LogP) is 3.56. The third-order valence-corrected chi connectivity index (χ3v) is 2.31. The first-order valence-corrected chi connectivity index (χ1v) is 5.78. The lowest BCUT2D eigenvalue weighted by Gasteiger charge is -2.05. The van der Waals surface area contributed by atoms with Gasteiger partial charge in [-0.1, -0.05) is 25.5 Å². The zero-order valence-electron chi connectivity index (χ0n) is 10.3. The van der Waals surface area contributed by atoms with E-state index in [0.29, 0.717) is 11.3 Å². The van der Waals surface area contributed by atoms with Crippen LogP contribution >= 0.6 is 0 Å². The van der Waals surface area contributed by atoms with Crippen LogP contribution < -0.4 is 4.74 Å². The van der Waals surface area contributed by atoms with Crippen molar-refractivity contribution in [3.8, 4) is 5.75 Å². The van der Waals surface area contributed by atoms with Gasteiger partial charge >= 0.3 is 5.97 Å². The van der Waals surface area contributed by atoms with Crippen LogP contribution in [-0.4, -0.2) is 13.1 Å². The Morgan fingerprint density at radius 2 is 2.12 bits per heavy atom. The molecule has 0 saturated heterocycles. The third-order valence-electron chi connectivity index (χ3n) is 2.31. The van der Waals surface area contributed by atoms with Gasteiger partial charge < -0.3 is 9.47 Å². The highest BCUT2D eigenvalue weighted by Crippen LogP contribution is 2.19. The van der Waals surface area contributed by atoms with E-state index in [4.69, 9.17) is 4.74 Å². The summed E-state index contributed by atoms with van der Waals surface area (Å²) in [5, 5.41) is 0. The summed E-state index contributed by atoms with van der Waals surface area (Å²) in [7, 11) is 1.36. The zero-order valence-corrected chi connectivity index (χ0v) is 10.3. The van der Waals surface area contributed by atoms with Gasteiger partial charge in [-0.25, -0.2) is 4.79 Å². The molecule has 0 N–H and O–H groups in total. The molecule has 17 heavy (non-hydrogen) atoms. The molecule has 0 aliphatic heterocycles. The van der Waals surface area contributed by atoms with Crippen molar-refractivity contribution in [1.82, 2.24) is 0 Å². The molecule has 0 heterocycles. The number of para-hydroxylation sites is 1. The molecule has 0 bridgehead atoms. The minimum absolute atomic E-state index is 0.387. The van der Waals surface area contributed by atoms with Crippen molar-refractivity contribution in [2.45, 2.75) is 26.2 Å². The average molecular weight is 234 g/mol. The van der Waals surface area contributed by atoms with Crippen LogP contribution in [0.15, 0.2) is 36.6 Å². The first-order valence-electron chi connectivity index (χ1n) is 5.78. The molecule has 92 valence electrons. The predicted molar refractivity (Wildman–Crippen MR) is 67.1 cm³/mol. The van der Waals surface area contributed by atoms with Gasteiger partial charge in [0, 0.05) is 0 Å². The molecule has 0 amide bonds. The number of allylic oxidation sites excluding steroid dienone is 1. The maximum atomic E-state index is 11.4. The van der Waals surface area contributed by atoms with Crippen molar-refractivity contribution < 1.29 is 14.3 Å². The Hall–Kier alpha value is -1.77. The number of methoxy groups -OCH3 is 1. The van der Waals surface area contributed by atoms with Gasteiger partial charge in [0.25, 0.3) is 0 Å². The van der Waals surface area contributed by atoms with Crippen molar-refractivity contribution in [3.63, 3.8) is 0 Å². The topological polar surface area (TPSA) is 35.5 Å². The van der Waals surface area contributed by atoms with Gasteiger partial charge in [0.15, 0.2) is 0 Å². The minimum atomic E-state index is -0.387. The molecule has 0 spiro atoms. The normalized spacial score (nSPS) is 10.5. The maximum Gasteiger partial charge on any atom is 0.341 e. The van der Waals surface area contributed by atoms with Gasteiger partial charge in [0.1, 0.15) is 11.3 Å². The summed E-state index contributed by atoms with van der Waals surface area (Å²) in [4.78, 5) is 11.4. The summed E-state index contributed by atoms with van der Waals surface area (Å²) in [6.45, 7) is 2.14. The third kappa shape index (κ3) is 4.31. The second-order valence-electron chi connectivity index (χ2n) is 3.62. The van der Waals surface area contributed by atoms with E-state index in [1.54, 1.807) is 24.5 Å². The average Bonchev–Trinajstić information content (AvgIpc) is 2.38. The molecule has 0 unspecified atom stereocenters. The van der Waals surface area contributed by atoms with Gasteiger partial charge in [-0.05, 0) is 31.1 Å². The van der Waals surface area contributed by atoms with Crippen molar-refractivity contribution >= 4 is 5.97 Å². The number of carbonyl (C=O) groups is 1. The Kier molecular flexibility index (Phi) is 5.86. The fourth-order valence-electron chi connectivity index (χ4n) is 1.36. The summed E-state index contributed by atoms with van der Waals surface area (Å²) in [6.07, 6.45) is 6.85. The fourth-order valence-corrected chi connectivity index (χ4v) is 1.36. The molecule has 0 aromatic heterocycles. The zero-order chi connectivity index (χ0) is 12.5. The lowest BCUT2D eigenvalue weighted by Crippen LogP contribution is -2.03. The van der Waals surface area contributed by atoms with Crippen LogP contribution in [0.25, 0.3) is 0 Å². The summed E-state index contributed by atoms with van der Waals surface area (Å²) < 4.78 is 10.1. The molecule has 0 aliphatic rings. The van der Waals surface area contributed by atoms with E-state index in [-0.39, 0.29) is 5.97 Å². The number of hydrogen-bond donors (Lipinski definition) is 0. The molecule has 0 aliphatic carbocycles. The van der Waals surface area contributed by atoms with Crippen LogP contribution in [0.2, 0.25) is 0 Å². The van der Waals surface area contributed by atoms with Crippen molar-refractivity contribution in [1.29, 1.82) is 0 Å². The maximum absolute atomic E-state index is 11.4. The standard InChI is InChI=1S/C14H18O3/c1-3-4-5-8-11-17-13-10-7-6-9-12(13)14(15)16-2/h6-11H,3-5H2,1-2H3. The molecule has 1 aromatic rings. The number of benzene rings is 1. The molecule has 3 heteroatoms. The Bertz CT molecular complexity index is 383. The van der Waals surface area contributed by atoms with E-state index < -0.39 is 0 Å². The highest BCUT2D eigenvalue weighted by atomic mass is 16.5. The molecule has 0 fully saturated rings. The minimum Gasteiger partial charge on any atom is -0.465 e. The van der Waals surface area contributed by atoms with E-state index in [1.165, 1.54) is 7.11 Å². The second kappa shape index (κ2) is 7.49. The van der Waals surface area contributed by atoms with Crippen molar-refractivity contribution in [2.24, 2.45) is 0 Å². The monoisotopic (exact) mass is 234 g/mol.